The van der Waals surface area contributed by atoms with Gasteiger partial charge in [0.2, 0.25) is 5.91 Å². The fourth-order valence-electron chi connectivity index (χ4n) is 3.38. The molecule has 2 amide bonds. The Kier molecular flexibility index (Phi) is 3.95. The Morgan fingerprint density at radius 1 is 1.19 bits per heavy atom. The van der Waals surface area contributed by atoms with Crippen LogP contribution in [0.2, 0.25) is 0 Å². The van der Waals surface area contributed by atoms with Crippen LogP contribution in [-0.4, -0.2) is 34.0 Å². The molecule has 0 aliphatic carbocycles. The van der Waals surface area contributed by atoms with E-state index in [2.05, 4.69) is 10.3 Å². The first-order valence-electron chi connectivity index (χ1n) is 8.65. The first-order valence-corrected chi connectivity index (χ1v) is 8.65. The van der Waals surface area contributed by atoms with Gasteiger partial charge < -0.3 is 14.8 Å². The number of anilines is 1. The van der Waals surface area contributed by atoms with E-state index < -0.39 is 6.04 Å². The number of aryl methyl sites for hydroxylation is 2. The highest BCUT2D eigenvalue weighted by molar-refractivity contribution is 6.04. The standard InChI is InChI=1S/C20H20N4O2/c1-13-21-17-12-14(8-9-18(17)23(13)2)19(25)22-16-10-11-24(20(16)26)15-6-4-3-5-7-15/h3-9,12,16H,10-11H2,1-2H3,(H,22,25)/t16-/m1/s1. The summed E-state index contributed by atoms with van der Waals surface area (Å²) in [4.78, 5) is 31.4. The summed E-state index contributed by atoms with van der Waals surface area (Å²) < 4.78 is 1.98. The van der Waals surface area contributed by atoms with E-state index in [1.165, 1.54) is 0 Å². The highest BCUT2D eigenvalue weighted by Gasteiger charge is 2.33. The van der Waals surface area contributed by atoms with Crippen LogP contribution < -0.4 is 10.2 Å². The lowest BCUT2D eigenvalue weighted by Crippen LogP contribution is -2.41. The molecule has 0 bridgehead atoms. The molecule has 1 aromatic heterocycles. The number of amides is 2. The van der Waals surface area contributed by atoms with Gasteiger partial charge in [-0.2, -0.15) is 0 Å². The highest BCUT2D eigenvalue weighted by Crippen LogP contribution is 2.22. The number of carbonyl (C=O) groups is 2. The van der Waals surface area contributed by atoms with Crippen LogP contribution >= 0.6 is 0 Å². The van der Waals surface area contributed by atoms with Crippen LogP contribution in [0, 0.1) is 6.92 Å². The number of aromatic nitrogens is 2. The lowest BCUT2D eigenvalue weighted by Gasteiger charge is -2.17. The molecule has 6 nitrogen and oxygen atoms in total. The Bertz CT molecular complexity index is 994. The Hall–Kier alpha value is -3.15. The maximum absolute atomic E-state index is 12.6. The molecule has 0 unspecified atom stereocenters. The van der Waals surface area contributed by atoms with E-state index in [9.17, 15) is 9.59 Å². The quantitative estimate of drug-likeness (QED) is 0.790. The van der Waals surface area contributed by atoms with E-state index in [4.69, 9.17) is 0 Å². The molecule has 0 saturated carbocycles. The minimum absolute atomic E-state index is 0.0701. The fourth-order valence-corrected chi connectivity index (χ4v) is 3.38. The maximum atomic E-state index is 12.6. The van der Waals surface area contributed by atoms with E-state index in [-0.39, 0.29) is 11.8 Å². The van der Waals surface area contributed by atoms with Gasteiger partial charge in [0.15, 0.2) is 0 Å². The summed E-state index contributed by atoms with van der Waals surface area (Å²) in [5, 5.41) is 2.87. The summed E-state index contributed by atoms with van der Waals surface area (Å²) >= 11 is 0. The largest absolute Gasteiger partial charge is 0.340 e. The zero-order chi connectivity index (χ0) is 18.3. The Morgan fingerprint density at radius 2 is 1.96 bits per heavy atom. The van der Waals surface area contributed by atoms with Crippen molar-refractivity contribution in [2.75, 3.05) is 11.4 Å². The molecule has 4 rings (SSSR count). The van der Waals surface area contributed by atoms with Gasteiger partial charge in [-0.3, -0.25) is 9.59 Å². The molecular weight excluding hydrogens is 328 g/mol. The summed E-state index contributed by atoms with van der Waals surface area (Å²) in [6.07, 6.45) is 0.602. The van der Waals surface area contributed by atoms with Gasteiger partial charge in [-0.25, -0.2) is 4.98 Å². The molecule has 1 saturated heterocycles. The Morgan fingerprint density at radius 3 is 2.73 bits per heavy atom. The second-order valence-electron chi connectivity index (χ2n) is 6.56. The van der Waals surface area contributed by atoms with Gasteiger partial charge in [-0.1, -0.05) is 18.2 Å². The van der Waals surface area contributed by atoms with Crippen molar-refractivity contribution in [3.63, 3.8) is 0 Å². The average Bonchev–Trinajstić information content (AvgIpc) is 3.15. The van der Waals surface area contributed by atoms with E-state index >= 15 is 0 Å². The van der Waals surface area contributed by atoms with Gasteiger partial charge in [0.1, 0.15) is 11.9 Å². The molecule has 2 aromatic carbocycles. The molecule has 1 atom stereocenters. The Labute approximate surface area is 151 Å². The topological polar surface area (TPSA) is 67.2 Å². The highest BCUT2D eigenvalue weighted by atomic mass is 16.2. The molecule has 132 valence electrons. The smallest absolute Gasteiger partial charge is 0.252 e. The summed E-state index contributed by atoms with van der Waals surface area (Å²) in [6.45, 7) is 2.53. The number of para-hydroxylation sites is 1. The van der Waals surface area contributed by atoms with E-state index in [0.717, 1.165) is 22.5 Å². The van der Waals surface area contributed by atoms with Crippen molar-refractivity contribution in [3.8, 4) is 0 Å². The van der Waals surface area contributed by atoms with Crippen LogP contribution in [0.25, 0.3) is 11.0 Å². The van der Waals surface area contributed by atoms with Crippen LogP contribution in [0.1, 0.15) is 22.6 Å². The molecule has 1 fully saturated rings. The summed E-state index contributed by atoms with van der Waals surface area (Å²) in [5.41, 5.74) is 3.13. The van der Waals surface area contributed by atoms with Gasteiger partial charge >= 0.3 is 0 Å². The minimum Gasteiger partial charge on any atom is -0.340 e. The van der Waals surface area contributed by atoms with E-state index in [1.54, 1.807) is 17.0 Å². The van der Waals surface area contributed by atoms with Crippen LogP contribution in [0.4, 0.5) is 5.69 Å². The lowest BCUT2D eigenvalue weighted by atomic mass is 10.1. The monoisotopic (exact) mass is 348 g/mol. The van der Waals surface area contributed by atoms with Crippen LogP contribution in [0.5, 0.6) is 0 Å². The number of rotatable bonds is 3. The third-order valence-electron chi connectivity index (χ3n) is 4.95. The minimum atomic E-state index is -0.496. The zero-order valence-electron chi connectivity index (χ0n) is 14.8. The second kappa shape index (κ2) is 6.29. The fraction of sp³-hybridized carbons (Fsp3) is 0.250. The number of fused-ring (bicyclic) bond motifs is 1. The van der Waals surface area contributed by atoms with Crippen molar-refractivity contribution in [3.05, 3.63) is 59.9 Å². The number of imidazole rings is 1. The van der Waals surface area contributed by atoms with Gasteiger partial charge in [0.05, 0.1) is 11.0 Å². The molecule has 1 aliphatic heterocycles. The van der Waals surface area contributed by atoms with Crippen molar-refractivity contribution in [2.24, 2.45) is 7.05 Å². The van der Waals surface area contributed by atoms with Crippen molar-refractivity contribution in [2.45, 2.75) is 19.4 Å². The molecular formula is C20H20N4O2. The van der Waals surface area contributed by atoms with Crippen molar-refractivity contribution < 1.29 is 9.59 Å². The predicted octanol–water partition coefficient (Wildman–Crippen LogP) is 2.42. The van der Waals surface area contributed by atoms with Crippen LogP contribution in [0.15, 0.2) is 48.5 Å². The van der Waals surface area contributed by atoms with E-state index in [0.29, 0.717) is 18.5 Å². The van der Waals surface area contributed by atoms with Crippen molar-refractivity contribution >= 4 is 28.5 Å². The van der Waals surface area contributed by atoms with Gasteiger partial charge in [-0.05, 0) is 43.7 Å². The van der Waals surface area contributed by atoms with Gasteiger partial charge in [0, 0.05) is 24.8 Å². The number of nitrogens with zero attached hydrogens (tertiary/aromatic N) is 3. The van der Waals surface area contributed by atoms with Gasteiger partial charge in [0.25, 0.3) is 5.91 Å². The Balaban J connectivity index is 1.51. The number of carbonyl (C=O) groups excluding carboxylic acids is 2. The molecule has 1 N–H and O–H groups in total. The normalized spacial score (nSPS) is 17.1. The van der Waals surface area contributed by atoms with Crippen molar-refractivity contribution in [1.82, 2.24) is 14.9 Å². The number of hydrogen-bond donors (Lipinski definition) is 1. The number of benzene rings is 2. The predicted molar refractivity (Wildman–Crippen MR) is 100 cm³/mol. The number of nitrogens with one attached hydrogen (secondary N) is 1. The van der Waals surface area contributed by atoms with Crippen LogP contribution in [-0.2, 0) is 11.8 Å². The molecule has 2 heterocycles. The van der Waals surface area contributed by atoms with Crippen LogP contribution in [0.3, 0.4) is 0 Å². The van der Waals surface area contributed by atoms with Crippen molar-refractivity contribution in [1.29, 1.82) is 0 Å². The summed E-state index contributed by atoms with van der Waals surface area (Å²) in [7, 11) is 1.94. The first kappa shape index (κ1) is 16.3. The molecule has 0 radical (unpaired) electrons. The zero-order valence-corrected chi connectivity index (χ0v) is 14.8. The third kappa shape index (κ3) is 2.73. The molecule has 26 heavy (non-hydrogen) atoms. The lowest BCUT2D eigenvalue weighted by molar-refractivity contribution is -0.118. The number of hydrogen-bond acceptors (Lipinski definition) is 3. The maximum Gasteiger partial charge on any atom is 0.252 e. The molecule has 1 aliphatic rings. The second-order valence-corrected chi connectivity index (χ2v) is 6.56. The third-order valence-corrected chi connectivity index (χ3v) is 4.95. The molecule has 3 aromatic rings. The van der Waals surface area contributed by atoms with Gasteiger partial charge in [-0.15, -0.1) is 0 Å². The average molecular weight is 348 g/mol. The molecule has 6 heteroatoms. The summed E-state index contributed by atoms with van der Waals surface area (Å²) in [5.74, 6) is 0.574. The summed E-state index contributed by atoms with van der Waals surface area (Å²) in [6, 6.07) is 14.5. The van der Waals surface area contributed by atoms with E-state index in [1.807, 2.05) is 54.9 Å². The first-order chi connectivity index (χ1) is 12.5. The molecule has 0 spiro atoms. The SMILES string of the molecule is Cc1nc2cc(C(=O)N[C@@H]3CCN(c4ccccc4)C3=O)ccc2n1C.